The van der Waals surface area contributed by atoms with Crippen LogP contribution in [-0.4, -0.2) is 17.9 Å². The highest BCUT2D eigenvalue weighted by Gasteiger charge is 2.01. The van der Waals surface area contributed by atoms with Crippen molar-refractivity contribution in [3.05, 3.63) is 114 Å². The molecular weight excluding hydrogens is 416 g/mol. The van der Waals surface area contributed by atoms with Crippen molar-refractivity contribution >= 4 is 34.7 Å². The quantitative estimate of drug-likeness (QED) is 0.264. The van der Waals surface area contributed by atoms with Crippen LogP contribution in [0.15, 0.2) is 102 Å². The van der Waals surface area contributed by atoms with Crippen LogP contribution in [0.4, 0.5) is 0 Å². The van der Waals surface area contributed by atoms with E-state index in [9.17, 15) is 4.79 Å². The molecule has 0 fully saturated rings. The fraction of sp³-hybridized carbons (Fsp3) is 0.111. The Bertz CT molecular complexity index is 1190. The van der Waals surface area contributed by atoms with Crippen molar-refractivity contribution in [2.75, 3.05) is 5.75 Å². The highest BCUT2D eigenvalue weighted by atomic mass is 32.2. The minimum atomic E-state index is -0.113. The molecule has 0 heterocycles. The maximum atomic E-state index is 11.9. The molecule has 4 rings (SSSR count). The molecule has 0 aliphatic heterocycles. The third kappa shape index (κ3) is 6.46. The third-order valence-corrected chi connectivity index (χ3v) is 5.85. The lowest BCUT2D eigenvalue weighted by atomic mass is 10.1. The molecule has 0 bridgehead atoms. The Labute approximate surface area is 192 Å². The van der Waals surface area contributed by atoms with Crippen LogP contribution in [0.3, 0.4) is 0 Å². The van der Waals surface area contributed by atoms with Crippen LogP contribution in [0.5, 0.6) is 5.75 Å². The Morgan fingerprint density at radius 2 is 1.59 bits per heavy atom. The van der Waals surface area contributed by atoms with E-state index >= 15 is 0 Å². The number of benzene rings is 4. The van der Waals surface area contributed by atoms with Crippen molar-refractivity contribution < 1.29 is 9.53 Å². The summed E-state index contributed by atoms with van der Waals surface area (Å²) in [6, 6.07) is 32.4. The molecule has 1 amide bonds. The van der Waals surface area contributed by atoms with Crippen LogP contribution in [-0.2, 0) is 17.2 Å². The standard InChI is InChI=1S/C27H24N2O2S/c30-27(20-32-19-22-6-2-1-3-7-22)29-28-17-21-11-14-26(15-12-21)31-18-23-10-13-24-8-4-5-9-25(24)16-23/h1-17H,18-20H2,(H,29,30)/b28-17+. The maximum absolute atomic E-state index is 11.9. The second kappa shape index (κ2) is 11.2. The number of carbonyl (C=O) groups is 1. The monoisotopic (exact) mass is 440 g/mol. The molecule has 0 unspecified atom stereocenters. The van der Waals surface area contributed by atoms with E-state index in [4.69, 9.17) is 4.74 Å². The molecule has 0 aliphatic rings. The molecule has 4 aromatic carbocycles. The van der Waals surface area contributed by atoms with E-state index in [1.807, 2.05) is 54.6 Å². The van der Waals surface area contributed by atoms with Crippen molar-refractivity contribution in [2.45, 2.75) is 12.4 Å². The fourth-order valence-corrected chi connectivity index (χ4v) is 3.97. The fourth-order valence-electron chi connectivity index (χ4n) is 3.19. The van der Waals surface area contributed by atoms with E-state index in [0.717, 1.165) is 22.6 Å². The van der Waals surface area contributed by atoms with Crippen molar-refractivity contribution in [1.29, 1.82) is 0 Å². The molecule has 0 atom stereocenters. The molecule has 1 N–H and O–H groups in total. The van der Waals surface area contributed by atoms with E-state index in [0.29, 0.717) is 12.4 Å². The number of rotatable bonds is 9. The van der Waals surface area contributed by atoms with Crippen LogP contribution < -0.4 is 10.2 Å². The van der Waals surface area contributed by atoms with Crippen molar-refractivity contribution in [3.8, 4) is 5.75 Å². The zero-order chi connectivity index (χ0) is 22.0. The van der Waals surface area contributed by atoms with Gasteiger partial charge in [-0.3, -0.25) is 4.79 Å². The van der Waals surface area contributed by atoms with Gasteiger partial charge in [0.25, 0.3) is 0 Å². The van der Waals surface area contributed by atoms with Gasteiger partial charge >= 0.3 is 0 Å². The molecule has 0 aromatic heterocycles. The first-order valence-electron chi connectivity index (χ1n) is 10.4. The number of fused-ring (bicyclic) bond motifs is 1. The van der Waals surface area contributed by atoms with Gasteiger partial charge in [-0.1, -0.05) is 66.7 Å². The molecule has 0 aliphatic carbocycles. The molecule has 0 spiro atoms. The second-order valence-corrected chi connectivity index (χ2v) is 8.30. The Balaban J connectivity index is 1.20. The number of hydrogen-bond donors (Lipinski definition) is 1. The second-order valence-electron chi connectivity index (χ2n) is 7.31. The number of hydrazone groups is 1. The van der Waals surface area contributed by atoms with Gasteiger partial charge in [-0.25, -0.2) is 5.43 Å². The Kier molecular flexibility index (Phi) is 7.55. The number of nitrogens with zero attached hydrogens (tertiary/aromatic N) is 1. The molecule has 32 heavy (non-hydrogen) atoms. The van der Waals surface area contributed by atoms with Crippen molar-refractivity contribution in [3.63, 3.8) is 0 Å². The Morgan fingerprint density at radius 1 is 0.844 bits per heavy atom. The van der Waals surface area contributed by atoms with Crippen molar-refractivity contribution in [2.24, 2.45) is 5.10 Å². The number of thioether (sulfide) groups is 1. The molecule has 0 saturated carbocycles. The molecular formula is C27H24N2O2S. The Morgan fingerprint density at radius 3 is 2.41 bits per heavy atom. The summed E-state index contributed by atoms with van der Waals surface area (Å²) in [5.74, 6) is 1.85. The average Bonchev–Trinajstić information content (AvgIpc) is 2.84. The number of amides is 1. The molecule has 4 nitrogen and oxygen atoms in total. The van der Waals surface area contributed by atoms with E-state index in [2.05, 4.69) is 53.0 Å². The summed E-state index contributed by atoms with van der Waals surface area (Å²) < 4.78 is 5.90. The van der Waals surface area contributed by atoms with Gasteiger partial charge in [0.1, 0.15) is 12.4 Å². The summed E-state index contributed by atoms with van der Waals surface area (Å²) in [7, 11) is 0. The normalized spacial score (nSPS) is 11.0. The van der Waals surface area contributed by atoms with Crippen LogP contribution >= 0.6 is 11.8 Å². The van der Waals surface area contributed by atoms with Gasteiger partial charge in [-0.2, -0.15) is 5.10 Å². The largest absolute Gasteiger partial charge is 0.489 e. The third-order valence-electron chi connectivity index (χ3n) is 4.85. The predicted octanol–water partition coefficient (Wildman–Crippen LogP) is 5.80. The first-order valence-corrected chi connectivity index (χ1v) is 11.6. The predicted molar refractivity (Wildman–Crippen MR) is 133 cm³/mol. The zero-order valence-corrected chi connectivity index (χ0v) is 18.4. The minimum Gasteiger partial charge on any atom is -0.489 e. The van der Waals surface area contributed by atoms with Gasteiger partial charge in [0, 0.05) is 5.75 Å². The van der Waals surface area contributed by atoms with Gasteiger partial charge in [-0.15, -0.1) is 11.8 Å². The molecule has 160 valence electrons. The van der Waals surface area contributed by atoms with E-state index < -0.39 is 0 Å². The number of ether oxygens (including phenoxy) is 1. The first-order chi connectivity index (χ1) is 15.8. The van der Waals surface area contributed by atoms with Crippen LogP contribution in [0.1, 0.15) is 16.7 Å². The summed E-state index contributed by atoms with van der Waals surface area (Å²) in [5, 5.41) is 6.47. The number of nitrogens with one attached hydrogen (secondary N) is 1. The summed E-state index contributed by atoms with van der Waals surface area (Å²) in [4.78, 5) is 11.9. The summed E-state index contributed by atoms with van der Waals surface area (Å²) in [6.45, 7) is 0.509. The smallest absolute Gasteiger partial charge is 0.250 e. The van der Waals surface area contributed by atoms with Crippen LogP contribution in [0.2, 0.25) is 0 Å². The van der Waals surface area contributed by atoms with Crippen LogP contribution in [0, 0.1) is 0 Å². The summed E-state index contributed by atoms with van der Waals surface area (Å²) in [6.07, 6.45) is 1.63. The van der Waals surface area contributed by atoms with E-state index in [1.54, 1.807) is 18.0 Å². The average molecular weight is 441 g/mol. The van der Waals surface area contributed by atoms with Gasteiger partial charge in [0.2, 0.25) is 5.91 Å². The summed E-state index contributed by atoms with van der Waals surface area (Å²) >= 11 is 1.56. The molecule has 0 saturated heterocycles. The van der Waals surface area contributed by atoms with E-state index in [-0.39, 0.29) is 5.91 Å². The lowest BCUT2D eigenvalue weighted by molar-refractivity contribution is -0.118. The van der Waals surface area contributed by atoms with Crippen LogP contribution in [0.25, 0.3) is 10.8 Å². The zero-order valence-electron chi connectivity index (χ0n) is 17.6. The topological polar surface area (TPSA) is 50.7 Å². The van der Waals surface area contributed by atoms with Gasteiger partial charge in [-0.05, 0) is 57.8 Å². The molecule has 4 aromatic rings. The van der Waals surface area contributed by atoms with E-state index in [1.165, 1.54) is 16.3 Å². The lowest BCUT2D eigenvalue weighted by Crippen LogP contribution is -2.19. The summed E-state index contributed by atoms with van der Waals surface area (Å²) in [5.41, 5.74) is 5.79. The number of hydrogen-bond acceptors (Lipinski definition) is 4. The Hall–Kier alpha value is -3.57. The minimum absolute atomic E-state index is 0.113. The maximum Gasteiger partial charge on any atom is 0.250 e. The molecule has 0 radical (unpaired) electrons. The number of carbonyl (C=O) groups excluding carboxylic acids is 1. The van der Waals surface area contributed by atoms with Gasteiger partial charge in [0.15, 0.2) is 0 Å². The van der Waals surface area contributed by atoms with Gasteiger partial charge < -0.3 is 4.74 Å². The highest BCUT2D eigenvalue weighted by molar-refractivity contribution is 7.99. The van der Waals surface area contributed by atoms with Crippen molar-refractivity contribution in [1.82, 2.24) is 5.43 Å². The molecule has 5 heteroatoms. The first kappa shape index (κ1) is 21.7. The van der Waals surface area contributed by atoms with Gasteiger partial charge in [0.05, 0.1) is 12.0 Å². The lowest BCUT2D eigenvalue weighted by Gasteiger charge is -2.07. The SMILES string of the molecule is O=C(CSCc1ccccc1)N/N=C/c1ccc(OCc2ccc3ccccc3c2)cc1. The highest BCUT2D eigenvalue weighted by Crippen LogP contribution is 2.18.